The second kappa shape index (κ2) is 8.21. The molecule has 3 rings (SSSR count). The molecule has 0 saturated heterocycles. The molecule has 2 aromatic rings. The van der Waals surface area contributed by atoms with Gasteiger partial charge in [0.05, 0.1) is 23.1 Å². The molecule has 0 N–H and O–H groups in total. The van der Waals surface area contributed by atoms with Crippen molar-refractivity contribution in [2.24, 2.45) is 7.05 Å². The maximum absolute atomic E-state index is 14.0. The van der Waals surface area contributed by atoms with Crippen LogP contribution >= 0.6 is 0 Å². The second-order valence-electron chi connectivity index (χ2n) is 9.80. The molecule has 2 aromatic heterocycles. The van der Waals surface area contributed by atoms with Gasteiger partial charge < -0.3 is 9.16 Å². The van der Waals surface area contributed by atoms with Gasteiger partial charge in [0, 0.05) is 32.6 Å². The van der Waals surface area contributed by atoms with Crippen LogP contribution in [0.3, 0.4) is 0 Å². The van der Waals surface area contributed by atoms with Crippen molar-refractivity contribution in [2.75, 3.05) is 13.2 Å². The van der Waals surface area contributed by atoms with Gasteiger partial charge in [-0.3, -0.25) is 14.8 Å². The average Bonchev–Trinajstić information content (AvgIpc) is 2.96. The molecule has 0 bridgehead atoms. The van der Waals surface area contributed by atoms with E-state index in [2.05, 4.69) is 44.1 Å². The molecule has 0 radical (unpaired) electrons. The molecule has 12 heteroatoms. The molecule has 2 heterocycles. The van der Waals surface area contributed by atoms with E-state index in [1.165, 1.54) is 9.36 Å². The van der Waals surface area contributed by atoms with Crippen molar-refractivity contribution in [1.82, 2.24) is 19.6 Å². The molecule has 32 heavy (non-hydrogen) atoms. The molecule has 0 spiro atoms. The van der Waals surface area contributed by atoms with Crippen molar-refractivity contribution in [3.8, 4) is 11.7 Å². The monoisotopic (exact) mass is 471 g/mol. The zero-order valence-electron chi connectivity index (χ0n) is 19.6. The Kier molecular flexibility index (Phi) is 6.24. The number of nitrogens with zero attached hydrogens (tertiary/aromatic N) is 5. The lowest BCUT2D eigenvalue weighted by molar-refractivity contribution is -0.386. The fourth-order valence-electron chi connectivity index (χ4n) is 3.23. The highest BCUT2D eigenvalue weighted by atomic mass is 28.4. The summed E-state index contributed by atoms with van der Waals surface area (Å²) in [5.41, 5.74) is -0.0359. The van der Waals surface area contributed by atoms with Crippen LogP contribution in [-0.2, 0) is 11.5 Å². The Balaban J connectivity index is 1.83. The van der Waals surface area contributed by atoms with Gasteiger partial charge in [-0.1, -0.05) is 20.8 Å². The van der Waals surface area contributed by atoms with Gasteiger partial charge in [0.15, 0.2) is 14.1 Å². The molecule has 1 aliphatic rings. The first kappa shape index (κ1) is 24.3. The van der Waals surface area contributed by atoms with Crippen LogP contribution < -0.4 is 4.74 Å². The number of halogens is 2. The van der Waals surface area contributed by atoms with Crippen LogP contribution in [-0.4, -0.2) is 51.9 Å². The molecule has 1 unspecified atom stereocenters. The SMILES string of the molecule is Cc1cc(-n2nc(OCCCO[Si](C)(C)C(C)(C)C)c([N+](=O)[O-])c2C2CC2(F)F)n(C)n1. The Morgan fingerprint density at radius 1 is 1.31 bits per heavy atom. The minimum Gasteiger partial charge on any atom is -0.472 e. The van der Waals surface area contributed by atoms with Gasteiger partial charge >= 0.3 is 11.6 Å². The van der Waals surface area contributed by atoms with E-state index in [1.54, 1.807) is 20.0 Å². The lowest BCUT2D eigenvalue weighted by Gasteiger charge is -2.36. The zero-order valence-corrected chi connectivity index (χ0v) is 20.6. The summed E-state index contributed by atoms with van der Waals surface area (Å²) in [4.78, 5) is 11.1. The average molecular weight is 472 g/mol. The highest BCUT2D eigenvalue weighted by Gasteiger charge is 2.62. The van der Waals surface area contributed by atoms with Crippen LogP contribution in [0.25, 0.3) is 5.82 Å². The van der Waals surface area contributed by atoms with Crippen molar-refractivity contribution < 1.29 is 22.9 Å². The van der Waals surface area contributed by atoms with E-state index in [1.807, 2.05) is 0 Å². The van der Waals surface area contributed by atoms with Crippen molar-refractivity contribution in [3.63, 3.8) is 0 Å². The number of rotatable bonds is 9. The Labute approximate surface area is 187 Å². The Morgan fingerprint density at radius 3 is 2.41 bits per heavy atom. The normalized spacial score (nSPS) is 18.1. The number of hydrogen-bond acceptors (Lipinski definition) is 6. The van der Waals surface area contributed by atoms with E-state index in [4.69, 9.17) is 9.16 Å². The van der Waals surface area contributed by atoms with E-state index in [0.717, 1.165) is 0 Å². The standard InChI is InChI=1S/C20H31F2N5O4Si/c1-13-11-15(25(5)23-13)26-16(14-12-20(14,21)22)17(27(28)29)18(24-26)30-9-8-10-31-32(6,7)19(2,3)4/h11,14H,8-10,12H2,1-7H3. The van der Waals surface area contributed by atoms with Gasteiger partial charge in [-0.15, -0.1) is 5.10 Å². The minimum absolute atomic E-state index is 0.0665. The number of nitro groups is 1. The van der Waals surface area contributed by atoms with Crippen LogP contribution in [0.4, 0.5) is 14.5 Å². The number of aryl methyl sites for hydroxylation is 2. The number of alkyl halides is 2. The van der Waals surface area contributed by atoms with Gasteiger partial charge in [-0.25, -0.2) is 13.5 Å². The smallest absolute Gasteiger partial charge is 0.354 e. The first-order valence-corrected chi connectivity index (χ1v) is 13.5. The van der Waals surface area contributed by atoms with Crippen molar-refractivity contribution in [2.45, 2.75) is 70.5 Å². The summed E-state index contributed by atoms with van der Waals surface area (Å²) in [6.45, 7) is 13.0. The third-order valence-electron chi connectivity index (χ3n) is 6.19. The fraction of sp³-hybridized carbons (Fsp3) is 0.700. The van der Waals surface area contributed by atoms with Crippen LogP contribution in [0.5, 0.6) is 5.88 Å². The maximum Gasteiger partial charge on any atom is 0.354 e. The minimum atomic E-state index is -3.01. The molecule has 0 amide bonds. The van der Waals surface area contributed by atoms with Crippen molar-refractivity contribution >= 4 is 14.0 Å². The fourth-order valence-corrected chi connectivity index (χ4v) is 4.32. The molecule has 0 aromatic carbocycles. The van der Waals surface area contributed by atoms with Crippen molar-refractivity contribution in [1.29, 1.82) is 0 Å². The predicted octanol–water partition coefficient (Wildman–Crippen LogP) is 4.74. The topological polar surface area (TPSA) is 97.2 Å². The third-order valence-corrected chi connectivity index (χ3v) is 10.7. The predicted molar refractivity (Wildman–Crippen MR) is 117 cm³/mol. The molecular weight excluding hydrogens is 440 g/mol. The van der Waals surface area contributed by atoms with E-state index in [-0.39, 0.29) is 23.2 Å². The number of ether oxygens (including phenoxy) is 1. The lowest BCUT2D eigenvalue weighted by Crippen LogP contribution is -2.41. The molecule has 1 atom stereocenters. The van der Waals surface area contributed by atoms with Crippen LogP contribution in [0.1, 0.15) is 50.9 Å². The molecule has 1 saturated carbocycles. The highest BCUT2D eigenvalue weighted by Crippen LogP contribution is 2.59. The molecular formula is C20H31F2N5O4Si. The summed E-state index contributed by atoms with van der Waals surface area (Å²) >= 11 is 0. The number of aromatic nitrogens is 4. The Bertz CT molecular complexity index is 1010. The summed E-state index contributed by atoms with van der Waals surface area (Å²) in [5.74, 6) is -4.20. The van der Waals surface area contributed by atoms with E-state index < -0.39 is 37.2 Å². The summed E-state index contributed by atoms with van der Waals surface area (Å²) in [5, 5.41) is 20.3. The van der Waals surface area contributed by atoms with E-state index >= 15 is 0 Å². The Morgan fingerprint density at radius 2 is 1.94 bits per heavy atom. The molecule has 1 fully saturated rings. The van der Waals surface area contributed by atoms with E-state index in [9.17, 15) is 18.9 Å². The molecule has 178 valence electrons. The van der Waals surface area contributed by atoms with Crippen LogP contribution in [0, 0.1) is 17.0 Å². The van der Waals surface area contributed by atoms with Gasteiger partial charge in [-0.2, -0.15) is 5.10 Å². The summed E-state index contributed by atoms with van der Waals surface area (Å²) in [7, 11) is -0.287. The van der Waals surface area contributed by atoms with Gasteiger partial charge in [0.1, 0.15) is 5.69 Å². The van der Waals surface area contributed by atoms with Gasteiger partial charge in [0.25, 0.3) is 5.92 Å². The largest absolute Gasteiger partial charge is 0.472 e. The highest BCUT2D eigenvalue weighted by molar-refractivity contribution is 6.74. The zero-order chi connectivity index (χ0) is 24.1. The Hall–Kier alpha value is -2.34. The summed E-state index contributed by atoms with van der Waals surface area (Å²) in [6, 6.07) is 1.64. The maximum atomic E-state index is 14.0. The van der Waals surface area contributed by atoms with Gasteiger partial charge in [-0.05, 0) is 25.1 Å². The van der Waals surface area contributed by atoms with Crippen molar-refractivity contribution in [3.05, 3.63) is 27.6 Å². The first-order chi connectivity index (χ1) is 14.7. The van der Waals surface area contributed by atoms with Gasteiger partial charge in [0.2, 0.25) is 0 Å². The third kappa shape index (κ3) is 4.70. The quantitative estimate of drug-likeness (QED) is 0.227. The van der Waals surface area contributed by atoms with E-state index in [0.29, 0.717) is 24.5 Å². The molecule has 9 nitrogen and oxygen atoms in total. The van der Waals surface area contributed by atoms with Crippen LogP contribution in [0.15, 0.2) is 6.07 Å². The second-order valence-corrected chi connectivity index (χ2v) is 14.6. The summed E-state index contributed by atoms with van der Waals surface area (Å²) < 4.78 is 42.2. The lowest BCUT2D eigenvalue weighted by atomic mass is 10.2. The number of hydrogen-bond donors (Lipinski definition) is 0. The van der Waals surface area contributed by atoms with Crippen LogP contribution in [0.2, 0.25) is 18.1 Å². The first-order valence-electron chi connectivity index (χ1n) is 10.6. The molecule has 1 aliphatic carbocycles. The summed E-state index contributed by atoms with van der Waals surface area (Å²) in [6.07, 6.45) is 0.0342. The molecule has 0 aliphatic heterocycles.